The van der Waals surface area contributed by atoms with Crippen LogP contribution in [-0.2, 0) is 9.84 Å². The first-order valence-corrected chi connectivity index (χ1v) is 10.4. The third-order valence-electron chi connectivity index (χ3n) is 4.52. The second-order valence-electron chi connectivity index (χ2n) is 5.78. The fourth-order valence-corrected chi connectivity index (χ4v) is 4.84. The highest BCUT2D eigenvalue weighted by molar-refractivity contribution is 7.91. The molecule has 2 aromatic rings. The van der Waals surface area contributed by atoms with Crippen LogP contribution < -0.4 is 9.80 Å². The summed E-state index contributed by atoms with van der Waals surface area (Å²) in [5.41, 5.74) is 1.53. The Bertz CT molecular complexity index is 733. The number of hydrogen-bond acceptors (Lipinski definition) is 4. The van der Waals surface area contributed by atoms with Crippen LogP contribution >= 0.6 is 0 Å². The molecule has 0 saturated carbocycles. The van der Waals surface area contributed by atoms with Crippen LogP contribution in [0.2, 0.25) is 0 Å². The van der Waals surface area contributed by atoms with E-state index in [1.165, 1.54) is 0 Å². The normalized spacial score (nSPS) is 11.4. The summed E-state index contributed by atoms with van der Waals surface area (Å²) in [5, 5.41) is 0. The summed E-state index contributed by atoms with van der Waals surface area (Å²) in [5.74, 6) is 0. The van der Waals surface area contributed by atoms with E-state index >= 15 is 0 Å². The molecule has 2 aromatic carbocycles. The molecule has 0 amide bonds. The zero-order chi connectivity index (χ0) is 18.4. The van der Waals surface area contributed by atoms with Crippen molar-refractivity contribution in [3.05, 3.63) is 48.5 Å². The van der Waals surface area contributed by atoms with Crippen LogP contribution in [-0.4, -0.2) is 34.6 Å². The summed E-state index contributed by atoms with van der Waals surface area (Å²) < 4.78 is 27.0. The lowest BCUT2D eigenvalue weighted by atomic mass is 10.3. The van der Waals surface area contributed by atoms with E-state index in [1.54, 1.807) is 24.3 Å². The molecular weight excluding hydrogens is 332 g/mol. The van der Waals surface area contributed by atoms with Crippen LogP contribution in [0.4, 0.5) is 11.4 Å². The van der Waals surface area contributed by atoms with Crippen LogP contribution in [0.3, 0.4) is 0 Å². The van der Waals surface area contributed by atoms with E-state index in [9.17, 15) is 8.42 Å². The molecule has 0 spiro atoms. The van der Waals surface area contributed by atoms with Crippen molar-refractivity contribution in [2.45, 2.75) is 37.5 Å². The van der Waals surface area contributed by atoms with Gasteiger partial charge in [0.1, 0.15) is 0 Å². The average Bonchev–Trinajstić information content (AvgIpc) is 2.64. The predicted octanol–water partition coefficient (Wildman–Crippen LogP) is 4.21. The van der Waals surface area contributed by atoms with Crippen LogP contribution in [0.25, 0.3) is 0 Å². The molecule has 0 bridgehead atoms. The minimum atomic E-state index is -3.61. The largest absolute Gasteiger partial charge is 0.371 e. The SMILES string of the molecule is CCN(CC)c1ccccc1S(=O)(=O)c1ccccc1N(CC)CC. The Labute approximate surface area is 152 Å². The Morgan fingerprint density at radius 1 is 0.640 bits per heavy atom. The summed E-state index contributed by atoms with van der Waals surface area (Å²) in [7, 11) is -3.61. The summed E-state index contributed by atoms with van der Waals surface area (Å²) in [6.45, 7) is 11.2. The van der Waals surface area contributed by atoms with Crippen LogP contribution in [0, 0.1) is 0 Å². The topological polar surface area (TPSA) is 40.6 Å². The van der Waals surface area contributed by atoms with Gasteiger partial charge in [-0.05, 0) is 52.0 Å². The van der Waals surface area contributed by atoms with Gasteiger partial charge in [-0.25, -0.2) is 8.42 Å². The summed E-state index contributed by atoms with van der Waals surface area (Å²) >= 11 is 0. The summed E-state index contributed by atoms with van der Waals surface area (Å²) in [6, 6.07) is 14.6. The monoisotopic (exact) mass is 360 g/mol. The van der Waals surface area contributed by atoms with E-state index in [1.807, 2.05) is 52.0 Å². The van der Waals surface area contributed by atoms with Gasteiger partial charge < -0.3 is 9.80 Å². The fourth-order valence-electron chi connectivity index (χ4n) is 3.14. The molecule has 25 heavy (non-hydrogen) atoms. The molecule has 0 heterocycles. The van der Waals surface area contributed by atoms with Crippen LogP contribution in [0.1, 0.15) is 27.7 Å². The van der Waals surface area contributed by atoms with Crippen molar-refractivity contribution in [1.29, 1.82) is 0 Å². The molecule has 0 atom stereocenters. The number of rotatable bonds is 8. The maximum atomic E-state index is 13.5. The molecule has 0 radical (unpaired) electrons. The molecular formula is C20H28N2O2S. The van der Waals surface area contributed by atoms with Gasteiger partial charge in [0.25, 0.3) is 0 Å². The first-order valence-electron chi connectivity index (χ1n) is 8.94. The zero-order valence-electron chi connectivity index (χ0n) is 15.6. The molecule has 0 aliphatic heterocycles. The highest BCUT2D eigenvalue weighted by Crippen LogP contribution is 2.34. The number of benzene rings is 2. The maximum absolute atomic E-state index is 13.5. The minimum Gasteiger partial charge on any atom is -0.371 e. The van der Waals surface area contributed by atoms with E-state index in [0.717, 1.165) is 37.6 Å². The van der Waals surface area contributed by atoms with Crippen LogP contribution in [0.5, 0.6) is 0 Å². The van der Waals surface area contributed by atoms with Crippen molar-refractivity contribution in [3.63, 3.8) is 0 Å². The Balaban J connectivity index is 2.66. The van der Waals surface area contributed by atoms with Crippen molar-refractivity contribution in [1.82, 2.24) is 0 Å². The van der Waals surface area contributed by atoms with Gasteiger partial charge in [-0.2, -0.15) is 0 Å². The summed E-state index contributed by atoms with van der Waals surface area (Å²) in [4.78, 5) is 4.90. The van der Waals surface area contributed by atoms with Crippen molar-refractivity contribution in [2.24, 2.45) is 0 Å². The van der Waals surface area contributed by atoms with Gasteiger partial charge in [0.05, 0.1) is 21.2 Å². The molecule has 4 nitrogen and oxygen atoms in total. The Morgan fingerprint density at radius 3 is 1.28 bits per heavy atom. The van der Waals surface area contributed by atoms with Gasteiger partial charge >= 0.3 is 0 Å². The van der Waals surface area contributed by atoms with Gasteiger partial charge in [0.15, 0.2) is 0 Å². The standard InChI is InChI=1S/C20H28N2O2S/c1-5-21(6-2)17-13-9-11-15-19(17)25(23,24)20-16-12-10-14-18(20)22(7-3)8-4/h9-16H,5-8H2,1-4H3. The van der Waals surface area contributed by atoms with Gasteiger partial charge in [0.2, 0.25) is 9.84 Å². The molecule has 0 unspecified atom stereocenters. The molecule has 0 aliphatic carbocycles. The third kappa shape index (κ3) is 3.82. The Kier molecular flexibility index (Phi) is 6.48. The molecule has 0 N–H and O–H groups in total. The van der Waals surface area contributed by atoms with Crippen molar-refractivity contribution >= 4 is 21.2 Å². The summed E-state index contributed by atoms with van der Waals surface area (Å²) in [6.07, 6.45) is 0. The Morgan fingerprint density at radius 2 is 0.960 bits per heavy atom. The highest BCUT2D eigenvalue weighted by atomic mass is 32.2. The predicted molar refractivity (Wildman–Crippen MR) is 105 cm³/mol. The van der Waals surface area contributed by atoms with E-state index in [0.29, 0.717) is 9.79 Å². The van der Waals surface area contributed by atoms with Crippen molar-refractivity contribution in [3.8, 4) is 0 Å². The molecule has 0 fully saturated rings. The number of sulfone groups is 1. The molecule has 5 heteroatoms. The lowest BCUT2D eigenvalue weighted by Crippen LogP contribution is -2.26. The number of para-hydroxylation sites is 2. The maximum Gasteiger partial charge on any atom is 0.210 e. The number of anilines is 2. The van der Waals surface area contributed by atoms with E-state index in [2.05, 4.69) is 9.80 Å². The lowest BCUT2D eigenvalue weighted by molar-refractivity contribution is 0.595. The van der Waals surface area contributed by atoms with E-state index in [-0.39, 0.29) is 0 Å². The number of nitrogens with zero attached hydrogens (tertiary/aromatic N) is 2. The zero-order valence-corrected chi connectivity index (χ0v) is 16.4. The first-order chi connectivity index (χ1) is 12.0. The van der Waals surface area contributed by atoms with Gasteiger partial charge in [-0.3, -0.25) is 0 Å². The smallest absolute Gasteiger partial charge is 0.210 e. The van der Waals surface area contributed by atoms with Crippen molar-refractivity contribution < 1.29 is 8.42 Å². The first kappa shape index (κ1) is 19.3. The van der Waals surface area contributed by atoms with Gasteiger partial charge in [-0.1, -0.05) is 24.3 Å². The second-order valence-corrected chi connectivity index (χ2v) is 7.67. The average molecular weight is 361 g/mol. The second kappa shape index (κ2) is 8.39. The van der Waals surface area contributed by atoms with Crippen LogP contribution in [0.15, 0.2) is 58.3 Å². The number of hydrogen-bond donors (Lipinski definition) is 0. The molecule has 0 aromatic heterocycles. The minimum absolute atomic E-state index is 0.373. The molecule has 136 valence electrons. The highest BCUT2D eigenvalue weighted by Gasteiger charge is 2.26. The molecule has 0 aliphatic rings. The lowest BCUT2D eigenvalue weighted by Gasteiger charge is -2.26. The Hall–Kier alpha value is -2.01. The van der Waals surface area contributed by atoms with Crippen molar-refractivity contribution in [2.75, 3.05) is 36.0 Å². The molecule has 2 rings (SSSR count). The van der Waals surface area contributed by atoms with Gasteiger partial charge in [-0.15, -0.1) is 0 Å². The third-order valence-corrected chi connectivity index (χ3v) is 6.37. The fraction of sp³-hybridized carbons (Fsp3) is 0.400. The quantitative estimate of drug-likeness (QED) is 0.707. The molecule has 0 saturated heterocycles. The van der Waals surface area contributed by atoms with E-state index in [4.69, 9.17) is 0 Å². The van der Waals surface area contributed by atoms with E-state index < -0.39 is 9.84 Å². The van der Waals surface area contributed by atoms with Gasteiger partial charge in [0, 0.05) is 26.2 Å².